The average Bonchev–Trinajstić information content (AvgIpc) is 2.46. The minimum Gasteiger partial charge on any atom is -0.439 e. The van der Waals surface area contributed by atoms with E-state index in [1.54, 1.807) is 0 Å². The molecule has 0 bridgehead atoms. The minimum absolute atomic E-state index is 0.524. The van der Waals surface area contributed by atoms with E-state index in [-0.39, 0.29) is 0 Å². The Morgan fingerprint density at radius 3 is 2.33 bits per heavy atom. The third-order valence-corrected chi connectivity index (χ3v) is 4.48. The highest BCUT2D eigenvalue weighted by atomic mass is 79.9. The second kappa shape index (κ2) is 6.41. The number of nitrogens with zero attached hydrogens (tertiary/aromatic N) is 2. The van der Waals surface area contributed by atoms with Crippen LogP contribution in [0.5, 0.6) is 11.6 Å². The molecule has 0 saturated carbocycles. The number of aryl methyl sites for hydroxylation is 3. The molecule has 2 rings (SSSR count). The zero-order valence-electron chi connectivity index (χ0n) is 12.6. The van der Waals surface area contributed by atoms with Gasteiger partial charge in [0, 0.05) is 10.9 Å². The summed E-state index contributed by atoms with van der Waals surface area (Å²) in [6.45, 7) is 7.92. The summed E-state index contributed by atoms with van der Waals surface area (Å²) >= 11 is 3.55. The summed E-state index contributed by atoms with van der Waals surface area (Å²) in [4.78, 5) is 8.76. The van der Waals surface area contributed by atoms with E-state index in [4.69, 9.17) is 10.6 Å². The number of halogens is 1. The predicted octanol–water partition coefficient (Wildman–Crippen LogP) is 3.80. The number of nitrogen functional groups attached to an aromatic ring is 1. The number of aromatic nitrogens is 2. The topological polar surface area (TPSA) is 73.1 Å². The Bertz CT molecular complexity index is 650. The van der Waals surface area contributed by atoms with Crippen molar-refractivity contribution < 1.29 is 4.74 Å². The quantitative estimate of drug-likeness (QED) is 0.647. The van der Waals surface area contributed by atoms with Crippen molar-refractivity contribution >= 4 is 21.7 Å². The summed E-state index contributed by atoms with van der Waals surface area (Å²) in [6, 6.07) is 3.94. The van der Waals surface area contributed by atoms with Gasteiger partial charge in [0.25, 0.3) is 0 Å². The fraction of sp³-hybridized carbons (Fsp3) is 0.333. The Morgan fingerprint density at radius 2 is 1.81 bits per heavy atom. The van der Waals surface area contributed by atoms with Crippen LogP contribution in [0.15, 0.2) is 16.6 Å². The van der Waals surface area contributed by atoms with Crippen LogP contribution >= 0.6 is 15.9 Å². The monoisotopic (exact) mass is 350 g/mol. The molecule has 1 aromatic carbocycles. The number of hydrogen-bond acceptors (Lipinski definition) is 5. The van der Waals surface area contributed by atoms with Crippen LogP contribution in [-0.2, 0) is 6.42 Å². The van der Waals surface area contributed by atoms with E-state index < -0.39 is 0 Å². The van der Waals surface area contributed by atoms with Crippen molar-refractivity contribution in [1.82, 2.24) is 9.97 Å². The molecule has 6 heteroatoms. The van der Waals surface area contributed by atoms with Crippen molar-refractivity contribution in [2.75, 3.05) is 5.43 Å². The van der Waals surface area contributed by atoms with Crippen molar-refractivity contribution in [3.8, 4) is 11.6 Å². The Hall–Kier alpha value is -1.66. The minimum atomic E-state index is 0.524. The van der Waals surface area contributed by atoms with Crippen molar-refractivity contribution in [2.45, 2.75) is 34.1 Å². The van der Waals surface area contributed by atoms with Crippen LogP contribution < -0.4 is 16.0 Å². The van der Waals surface area contributed by atoms with E-state index in [1.165, 1.54) is 0 Å². The molecule has 2 aromatic rings. The molecule has 0 saturated heterocycles. The van der Waals surface area contributed by atoms with Gasteiger partial charge in [0.15, 0.2) is 0 Å². The molecular formula is C15H19BrN4O. The van der Waals surface area contributed by atoms with E-state index >= 15 is 0 Å². The van der Waals surface area contributed by atoms with Gasteiger partial charge in [0.05, 0.1) is 5.56 Å². The maximum Gasteiger partial charge on any atom is 0.227 e. The number of anilines is 1. The molecule has 0 atom stereocenters. The third kappa shape index (κ3) is 3.33. The van der Waals surface area contributed by atoms with E-state index in [1.807, 2.05) is 39.8 Å². The first-order chi connectivity index (χ1) is 9.96. The largest absolute Gasteiger partial charge is 0.439 e. The average molecular weight is 351 g/mol. The maximum absolute atomic E-state index is 5.94. The highest BCUT2D eigenvalue weighted by Crippen LogP contribution is 2.31. The molecule has 0 aliphatic carbocycles. The molecule has 3 N–H and O–H groups in total. The van der Waals surface area contributed by atoms with Crippen molar-refractivity contribution in [3.05, 3.63) is 39.1 Å². The first-order valence-corrected chi connectivity index (χ1v) is 7.54. The molecule has 1 heterocycles. The van der Waals surface area contributed by atoms with Crippen LogP contribution in [0.3, 0.4) is 0 Å². The van der Waals surface area contributed by atoms with Gasteiger partial charge in [-0.3, -0.25) is 0 Å². The second-order valence-corrected chi connectivity index (χ2v) is 5.68. The maximum atomic E-state index is 5.94. The number of nitrogens with one attached hydrogen (secondary N) is 1. The highest BCUT2D eigenvalue weighted by Gasteiger charge is 2.12. The first-order valence-electron chi connectivity index (χ1n) is 6.75. The molecule has 1 aromatic heterocycles. The zero-order valence-corrected chi connectivity index (χ0v) is 14.2. The molecule has 0 fully saturated rings. The van der Waals surface area contributed by atoms with Crippen LogP contribution in [0.1, 0.15) is 29.4 Å². The normalized spacial score (nSPS) is 10.6. The van der Waals surface area contributed by atoms with Gasteiger partial charge in [0.2, 0.25) is 5.88 Å². The first kappa shape index (κ1) is 15.7. The lowest BCUT2D eigenvalue weighted by atomic mass is 10.1. The van der Waals surface area contributed by atoms with Gasteiger partial charge in [-0.15, -0.1) is 0 Å². The molecular weight excluding hydrogens is 332 g/mol. The molecule has 112 valence electrons. The standard InChI is InChI=1S/C15H19BrN4O/c1-5-12-18-14(20-17)10(4)15(19-12)21-11-6-8(2)13(16)9(3)7-11/h6-7H,5,17H2,1-4H3,(H,18,19,20). The van der Waals surface area contributed by atoms with Crippen molar-refractivity contribution in [1.29, 1.82) is 0 Å². The van der Waals surface area contributed by atoms with E-state index in [0.717, 1.165) is 26.9 Å². The van der Waals surface area contributed by atoms with Gasteiger partial charge < -0.3 is 10.2 Å². The van der Waals surface area contributed by atoms with Crippen molar-refractivity contribution in [2.24, 2.45) is 5.84 Å². The molecule has 0 radical (unpaired) electrons. The van der Waals surface area contributed by atoms with Crippen LogP contribution in [0.4, 0.5) is 5.82 Å². The Morgan fingerprint density at radius 1 is 1.19 bits per heavy atom. The van der Waals surface area contributed by atoms with E-state index in [2.05, 4.69) is 31.3 Å². The van der Waals surface area contributed by atoms with E-state index in [9.17, 15) is 0 Å². The third-order valence-electron chi connectivity index (χ3n) is 3.22. The summed E-state index contributed by atoms with van der Waals surface area (Å²) in [7, 11) is 0. The molecule has 0 spiro atoms. The second-order valence-electron chi connectivity index (χ2n) is 4.89. The summed E-state index contributed by atoms with van der Waals surface area (Å²) in [5.41, 5.74) is 5.61. The molecule has 21 heavy (non-hydrogen) atoms. The number of ether oxygens (including phenoxy) is 1. The summed E-state index contributed by atoms with van der Waals surface area (Å²) in [5.74, 6) is 8.05. The highest BCUT2D eigenvalue weighted by molar-refractivity contribution is 9.10. The Kier molecular flexibility index (Phi) is 4.80. The number of rotatable bonds is 4. The zero-order chi connectivity index (χ0) is 15.6. The van der Waals surface area contributed by atoms with Gasteiger partial charge >= 0.3 is 0 Å². The van der Waals surface area contributed by atoms with Crippen LogP contribution in [-0.4, -0.2) is 9.97 Å². The molecule has 0 unspecified atom stereocenters. The lowest BCUT2D eigenvalue weighted by molar-refractivity contribution is 0.454. The number of nitrogens with two attached hydrogens (primary N) is 1. The van der Waals surface area contributed by atoms with Gasteiger partial charge in [-0.25, -0.2) is 10.8 Å². The van der Waals surface area contributed by atoms with Crippen LogP contribution in [0.25, 0.3) is 0 Å². The number of benzene rings is 1. The van der Waals surface area contributed by atoms with Gasteiger partial charge in [-0.1, -0.05) is 22.9 Å². The van der Waals surface area contributed by atoms with Crippen molar-refractivity contribution in [3.63, 3.8) is 0 Å². The molecule has 0 aliphatic rings. The number of hydrogen-bond donors (Lipinski definition) is 2. The fourth-order valence-corrected chi connectivity index (χ4v) is 2.24. The lowest BCUT2D eigenvalue weighted by Gasteiger charge is -2.13. The number of hydrazine groups is 1. The Labute approximate surface area is 133 Å². The smallest absolute Gasteiger partial charge is 0.227 e. The van der Waals surface area contributed by atoms with E-state index in [0.29, 0.717) is 23.9 Å². The van der Waals surface area contributed by atoms with Gasteiger partial charge in [0.1, 0.15) is 17.4 Å². The fourth-order valence-electron chi connectivity index (χ4n) is 2.02. The SMILES string of the molecule is CCc1nc(NN)c(C)c(Oc2cc(C)c(Br)c(C)c2)n1. The summed E-state index contributed by atoms with van der Waals surface area (Å²) < 4.78 is 7.03. The molecule has 0 amide bonds. The predicted molar refractivity (Wildman–Crippen MR) is 87.6 cm³/mol. The molecule has 0 aliphatic heterocycles. The van der Waals surface area contributed by atoms with Crippen LogP contribution in [0, 0.1) is 20.8 Å². The van der Waals surface area contributed by atoms with Gasteiger partial charge in [-0.2, -0.15) is 4.98 Å². The summed E-state index contributed by atoms with van der Waals surface area (Å²) in [6.07, 6.45) is 0.712. The molecule has 5 nitrogen and oxygen atoms in total. The van der Waals surface area contributed by atoms with Crippen LogP contribution in [0.2, 0.25) is 0 Å². The summed E-state index contributed by atoms with van der Waals surface area (Å²) in [5, 5.41) is 0. The lowest BCUT2D eigenvalue weighted by Crippen LogP contribution is -2.13. The van der Waals surface area contributed by atoms with Gasteiger partial charge in [-0.05, 0) is 44.0 Å². The Balaban J connectivity index is 2.43.